The summed E-state index contributed by atoms with van der Waals surface area (Å²) in [5, 5.41) is 19.1. The Hall–Kier alpha value is -2.08. The lowest BCUT2D eigenvalue weighted by atomic mass is 9.97. The van der Waals surface area contributed by atoms with Crippen molar-refractivity contribution in [3.05, 3.63) is 36.5 Å². The quantitative estimate of drug-likeness (QED) is 0.733. The number of ether oxygens (including phenoxy) is 1. The highest BCUT2D eigenvalue weighted by Gasteiger charge is 2.47. The Kier molecular flexibility index (Phi) is 3.71. The summed E-state index contributed by atoms with van der Waals surface area (Å²) in [5.41, 5.74) is 0.720. The second kappa shape index (κ2) is 5.27. The van der Waals surface area contributed by atoms with Gasteiger partial charge in [-0.05, 0) is 5.57 Å². The summed E-state index contributed by atoms with van der Waals surface area (Å²) in [7, 11) is 0. The number of likely N-dealkylation sites (tertiary alicyclic amines) is 1. The zero-order valence-corrected chi connectivity index (χ0v) is 10.2. The van der Waals surface area contributed by atoms with Crippen LogP contribution in [-0.2, 0) is 9.53 Å². The molecule has 2 rings (SSSR count). The van der Waals surface area contributed by atoms with E-state index in [0.29, 0.717) is 0 Å². The number of aliphatic hydroxyl groups excluding tert-OH is 1. The second-order valence-electron chi connectivity index (χ2n) is 4.39. The summed E-state index contributed by atoms with van der Waals surface area (Å²) in [6, 6.07) is -1.67. The Bertz CT molecular complexity index is 468. The lowest BCUT2D eigenvalue weighted by molar-refractivity contribution is -0.142. The van der Waals surface area contributed by atoms with Gasteiger partial charge in [0.05, 0.1) is 12.1 Å². The van der Waals surface area contributed by atoms with Crippen molar-refractivity contribution < 1.29 is 24.5 Å². The third kappa shape index (κ3) is 2.39. The molecule has 0 aromatic heterocycles. The maximum atomic E-state index is 11.9. The fourth-order valence-corrected chi connectivity index (χ4v) is 2.42. The van der Waals surface area contributed by atoms with Gasteiger partial charge in [-0.15, -0.1) is 0 Å². The number of aliphatic carboxylic acids is 1. The summed E-state index contributed by atoms with van der Waals surface area (Å²) < 4.78 is 4.90. The summed E-state index contributed by atoms with van der Waals surface area (Å²) in [5.74, 6) is -1.11. The van der Waals surface area contributed by atoms with E-state index in [1.807, 2.05) is 0 Å². The molecule has 6 heteroatoms. The number of carbonyl (C=O) groups excluding carboxylic acids is 1. The Balaban J connectivity index is 2.27. The number of rotatable bonds is 3. The number of carbonyl (C=O) groups is 2. The molecule has 1 aliphatic heterocycles. The molecule has 0 unspecified atom stereocenters. The van der Waals surface area contributed by atoms with Crippen LogP contribution in [0, 0.1) is 0 Å². The monoisotopic (exact) mass is 265 g/mol. The zero-order chi connectivity index (χ0) is 14.0. The third-order valence-corrected chi connectivity index (χ3v) is 3.21. The van der Waals surface area contributed by atoms with E-state index in [0.717, 1.165) is 10.5 Å². The Morgan fingerprint density at radius 3 is 2.95 bits per heavy atom. The first-order valence-electron chi connectivity index (χ1n) is 5.90. The van der Waals surface area contributed by atoms with Crippen LogP contribution in [0.1, 0.15) is 6.42 Å². The van der Waals surface area contributed by atoms with E-state index in [-0.39, 0.29) is 13.0 Å². The maximum Gasteiger partial charge on any atom is 0.411 e. The van der Waals surface area contributed by atoms with Crippen molar-refractivity contribution in [1.29, 1.82) is 0 Å². The summed E-state index contributed by atoms with van der Waals surface area (Å²) in [6.07, 6.45) is 4.84. The van der Waals surface area contributed by atoms with E-state index < -0.39 is 30.3 Å². The first-order valence-corrected chi connectivity index (χ1v) is 5.90. The normalized spacial score (nSPS) is 28.6. The van der Waals surface area contributed by atoms with Crippen molar-refractivity contribution in [2.45, 2.75) is 24.6 Å². The molecule has 1 amide bonds. The minimum atomic E-state index is -1.11. The van der Waals surface area contributed by atoms with Gasteiger partial charge in [-0.2, -0.15) is 0 Å². The summed E-state index contributed by atoms with van der Waals surface area (Å²) in [4.78, 5) is 24.3. The zero-order valence-electron chi connectivity index (χ0n) is 10.2. The second-order valence-corrected chi connectivity index (χ2v) is 4.39. The number of allylic oxidation sites excluding steroid dienone is 2. The molecule has 102 valence electrons. The van der Waals surface area contributed by atoms with Crippen LogP contribution in [0.3, 0.4) is 0 Å². The molecule has 0 aromatic rings. The molecule has 19 heavy (non-hydrogen) atoms. The topological polar surface area (TPSA) is 87.1 Å². The molecule has 0 aromatic carbocycles. The van der Waals surface area contributed by atoms with Crippen LogP contribution in [0.4, 0.5) is 4.79 Å². The fourth-order valence-electron chi connectivity index (χ4n) is 2.42. The van der Waals surface area contributed by atoms with Crippen molar-refractivity contribution in [2.24, 2.45) is 0 Å². The van der Waals surface area contributed by atoms with E-state index in [4.69, 9.17) is 4.74 Å². The minimum absolute atomic E-state index is 0.000621. The van der Waals surface area contributed by atoms with Crippen LogP contribution in [0.5, 0.6) is 0 Å². The molecule has 0 saturated carbocycles. The maximum absolute atomic E-state index is 11.9. The number of amides is 1. The van der Waals surface area contributed by atoms with E-state index in [9.17, 15) is 19.8 Å². The molecule has 1 saturated heterocycles. The number of carboxylic acid groups (broad SMARTS) is 1. The van der Waals surface area contributed by atoms with Crippen LogP contribution in [0.25, 0.3) is 0 Å². The van der Waals surface area contributed by atoms with Crippen molar-refractivity contribution in [1.82, 2.24) is 4.90 Å². The third-order valence-electron chi connectivity index (χ3n) is 3.21. The number of fused-ring (bicyclic) bond motifs is 1. The molecule has 6 nitrogen and oxygen atoms in total. The molecule has 2 aliphatic rings. The predicted molar refractivity (Wildman–Crippen MR) is 66.4 cm³/mol. The van der Waals surface area contributed by atoms with Gasteiger partial charge in [-0.3, -0.25) is 4.90 Å². The Morgan fingerprint density at radius 1 is 1.58 bits per heavy atom. The van der Waals surface area contributed by atoms with Crippen LogP contribution in [0.2, 0.25) is 0 Å². The molecule has 3 atom stereocenters. The molecular formula is C13H15NO5. The lowest BCUT2D eigenvalue weighted by Crippen LogP contribution is -2.49. The van der Waals surface area contributed by atoms with E-state index in [2.05, 4.69) is 6.58 Å². The van der Waals surface area contributed by atoms with Gasteiger partial charge in [0, 0.05) is 6.42 Å². The minimum Gasteiger partial charge on any atom is -0.480 e. The van der Waals surface area contributed by atoms with Gasteiger partial charge in [-0.25, -0.2) is 9.59 Å². The van der Waals surface area contributed by atoms with Gasteiger partial charge in [0.2, 0.25) is 0 Å². The fraction of sp³-hybridized carbons (Fsp3) is 0.385. The van der Waals surface area contributed by atoms with Gasteiger partial charge in [0.1, 0.15) is 12.6 Å². The van der Waals surface area contributed by atoms with Gasteiger partial charge in [-0.1, -0.05) is 30.9 Å². The van der Waals surface area contributed by atoms with Crippen LogP contribution in [0.15, 0.2) is 36.5 Å². The molecule has 0 bridgehead atoms. The number of carboxylic acids is 1. The SMILES string of the molecule is C=CCOC(=O)N1[C@H](C(=O)O)CC2=CC=C[C@H](O)[C@H]21. The van der Waals surface area contributed by atoms with E-state index >= 15 is 0 Å². The number of nitrogens with zero attached hydrogens (tertiary/aromatic N) is 1. The first-order chi connectivity index (χ1) is 9.06. The lowest BCUT2D eigenvalue weighted by Gasteiger charge is -2.30. The molecule has 1 heterocycles. The van der Waals surface area contributed by atoms with Gasteiger partial charge in [0.15, 0.2) is 0 Å². The standard InChI is InChI=1S/C13H15NO5/c1-2-6-19-13(18)14-9(12(16)17)7-8-4-3-5-10(15)11(8)14/h2-5,9-11,15H,1,6-7H2,(H,16,17)/t9-,10-,11-/m0/s1. The van der Waals surface area contributed by atoms with Gasteiger partial charge in [0.25, 0.3) is 0 Å². The highest BCUT2D eigenvalue weighted by Crippen LogP contribution is 2.34. The summed E-state index contributed by atoms with van der Waals surface area (Å²) >= 11 is 0. The smallest absolute Gasteiger partial charge is 0.411 e. The van der Waals surface area contributed by atoms with Gasteiger partial charge < -0.3 is 14.9 Å². The molecule has 1 aliphatic carbocycles. The van der Waals surface area contributed by atoms with Crippen molar-refractivity contribution in [3.63, 3.8) is 0 Å². The molecule has 2 N–H and O–H groups in total. The molecular weight excluding hydrogens is 250 g/mol. The number of aliphatic hydroxyl groups is 1. The highest BCUT2D eigenvalue weighted by molar-refractivity contribution is 5.82. The number of hydrogen-bond donors (Lipinski definition) is 2. The molecule has 0 radical (unpaired) electrons. The van der Waals surface area contributed by atoms with Gasteiger partial charge >= 0.3 is 12.1 Å². The summed E-state index contributed by atoms with van der Waals surface area (Å²) in [6.45, 7) is 3.43. The Labute approximate surface area is 110 Å². The number of hydrogen-bond acceptors (Lipinski definition) is 4. The van der Waals surface area contributed by atoms with Crippen LogP contribution in [-0.4, -0.2) is 52.0 Å². The average Bonchev–Trinajstić information content (AvgIpc) is 2.77. The van der Waals surface area contributed by atoms with Crippen LogP contribution >= 0.6 is 0 Å². The largest absolute Gasteiger partial charge is 0.480 e. The first kappa shape index (κ1) is 13.4. The molecule has 0 spiro atoms. The Morgan fingerprint density at radius 2 is 2.32 bits per heavy atom. The van der Waals surface area contributed by atoms with Crippen molar-refractivity contribution >= 4 is 12.1 Å². The van der Waals surface area contributed by atoms with E-state index in [1.165, 1.54) is 12.2 Å². The predicted octanol–water partition coefficient (Wildman–Crippen LogP) is 0.694. The van der Waals surface area contributed by atoms with Crippen molar-refractivity contribution in [2.75, 3.05) is 6.61 Å². The highest BCUT2D eigenvalue weighted by atomic mass is 16.6. The molecule has 1 fully saturated rings. The van der Waals surface area contributed by atoms with Crippen LogP contribution < -0.4 is 0 Å². The van der Waals surface area contributed by atoms with E-state index in [1.54, 1.807) is 12.2 Å². The van der Waals surface area contributed by atoms with Crippen molar-refractivity contribution in [3.8, 4) is 0 Å². The average molecular weight is 265 g/mol.